The smallest absolute Gasteiger partial charge is 0.00139 e. The van der Waals surface area contributed by atoms with Gasteiger partial charge in [0.05, 0.1) is 0 Å². The first kappa shape index (κ1) is 17.0. The largest absolute Gasteiger partial charge is 0.0905 e. The standard InChI is InChI=1S/C30H20/c1-19-21-11-3-7-15-25(21)29(26-16-8-4-12-22(19)26)30-27-17-9-5-13-23(27)20(2)24-14-6-10-18-28(24)30/h3-18H,1-2H2. The van der Waals surface area contributed by atoms with Crippen molar-refractivity contribution in [1.29, 1.82) is 0 Å². The van der Waals surface area contributed by atoms with Crippen LogP contribution in [0.15, 0.2) is 97.1 Å². The molecule has 0 saturated carbocycles. The van der Waals surface area contributed by atoms with Crippen molar-refractivity contribution in [2.45, 2.75) is 0 Å². The van der Waals surface area contributed by atoms with Crippen LogP contribution in [0.4, 0.5) is 0 Å². The fourth-order valence-electron chi connectivity index (χ4n) is 4.98. The van der Waals surface area contributed by atoms with Gasteiger partial charge in [0.2, 0.25) is 0 Å². The van der Waals surface area contributed by atoms with Crippen LogP contribution in [0.3, 0.4) is 0 Å². The van der Waals surface area contributed by atoms with Gasteiger partial charge in [-0.3, -0.25) is 0 Å². The van der Waals surface area contributed by atoms with Gasteiger partial charge in [-0.1, -0.05) is 110 Å². The Morgan fingerprint density at radius 3 is 0.733 bits per heavy atom. The maximum Gasteiger partial charge on any atom is -0.00139 e. The van der Waals surface area contributed by atoms with Gasteiger partial charge in [-0.2, -0.15) is 0 Å². The fraction of sp³-hybridized carbons (Fsp3) is 0. The predicted octanol–water partition coefficient (Wildman–Crippen LogP) is 6.41. The van der Waals surface area contributed by atoms with Gasteiger partial charge in [-0.05, 0) is 64.0 Å². The highest BCUT2D eigenvalue weighted by Crippen LogP contribution is 2.27. The first-order chi connectivity index (χ1) is 14.8. The molecule has 0 aromatic heterocycles. The summed E-state index contributed by atoms with van der Waals surface area (Å²) < 4.78 is 0. The van der Waals surface area contributed by atoms with Gasteiger partial charge in [0, 0.05) is 0 Å². The number of benzene rings is 6. The van der Waals surface area contributed by atoms with Crippen LogP contribution >= 0.6 is 0 Å². The molecule has 0 amide bonds. The molecule has 0 fully saturated rings. The monoisotopic (exact) mass is 380 g/mol. The van der Waals surface area contributed by atoms with E-state index in [2.05, 4.69) is 110 Å². The lowest BCUT2D eigenvalue weighted by atomic mass is 9.92. The van der Waals surface area contributed by atoms with E-state index in [1.165, 1.54) is 53.5 Å². The molecule has 6 aromatic rings. The molecule has 6 aromatic carbocycles. The van der Waals surface area contributed by atoms with Crippen molar-refractivity contribution in [3.05, 3.63) is 118 Å². The van der Waals surface area contributed by atoms with Gasteiger partial charge in [0.15, 0.2) is 0 Å². The Balaban J connectivity index is 2.20. The Morgan fingerprint density at radius 2 is 0.500 bits per heavy atom. The van der Waals surface area contributed by atoms with Crippen molar-refractivity contribution in [2.75, 3.05) is 0 Å². The molecule has 0 aliphatic heterocycles. The lowest BCUT2D eigenvalue weighted by Gasteiger charge is -2.11. The molecular weight excluding hydrogens is 360 g/mol. The van der Waals surface area contributed by atoms with Crippen LogP contribution in [0, 0.1) is 10.4 Å². The SMILES string of the molecule is C=c1c2ccccc2c(=c2c3ccccc3c(=C)c3ccccc23)c2ccccc12. The molecule has 0 aliphatic rings. The first-order valence-electron chi connectivity index (χ1n) is 10.3. The van der Waals surface area contributed by atoms with E-state index in [0.717, 1.165) is 10.4 Å². The third-order valence-corrected chi connectivity index (χ3v) is 6.34. The van der Waals surface area contributed by atoms with E-state index in [0.29, 0.717) is 0 Å². The summed E-state index contributed by atoms with van der Waals surface area (Å²) in [4.78, 5) is 0. The molecule has 0 atom stereocenters. The van der Waals surface area contributed by atoms with Gasteiger partial charge in [-0.25, -0.2) is 0 Å². The summed E-state index contributed by atoms with van der Waals surface area (Å²) in [6, 6.07) is 34.6. The highest BCUT2D eigenvalue weighted by Gasteiger charge is 2.09. The summed E-state index contributed by atoms with van der Waals surface area (Å²) in [5.41, 5.74) is 0. The Labute approximate surface area is 174 Å². The highest BCUT2D eigenvalue weighted by molar-refractivity contribution is 6.05. The van der Waals surface area contributed by atoms with Gasteiger partial charge in [0.25, 0.3) is 0 Å². The Hall–Kier alpha value is -3.90. The third-order valence-electron chi connectivity index (χ3n) is 6.34. The summed E-state index contributed by atoms with van der Waals surface area (Å²) in [6.07, 6.45) is 0. The Kier molecular flexibility index (Phi) is 3.57. The van der Waals surface area contributed by atoms with E-state index in [1.54, 1.807) is 0 Å². The van der Waals surface area contributed by atoms with Crippen LogP contribution < -0.4 is 10.4 Å². The van der Waals surface area contributed by atoms with Crippen molar-refractivity contribution >= 4 is 56.2 Å². The van der Waals surface area contributed by atoms with E-state index in [4.69, 9.17) is 0 Å². The molecule has 0 radical (unpaired) electrons. The van der Waals surface area contributed by atoms with Gasteiger partial charge >= 0.3 is 0 Å². The Bertz CT molecular complexity index is 1560. The molecule has 0 saturated heterocycles. The first-order valence-corrected chi connectivity index (χ1v) is 10.3. The fourth-order valence-corrected chi connectivity index (χ4v) is 4.98. The molecule has 140 valence electrons. The molecule has 0 N–H and O–H groups in total. The van der Waals surface area contributed by atoms with Gasteiger partial charge in [-0.15, -0.1) is 0 Å². The van der Waals surface area contributed by atoms with Gasteiger partial charge < -0.3 is 0 Å². The molecule has 0 heteroatoms. The van der Waals surface area contributed by atoms with Crippen molar-refractivity contribution in [3.8, 4) is 0 Å². The van der Waals surface area contributed by atoms with Crippen molar-refractivity contribution in [1.82, 2.24) is 0 Å². The Morgan fingerprint density at radius 1 is 0.300 bits per heavy atom. The van der Waals surface area contributed by atoms with Gasteiger partial charge in [0.1, 0.15) is 0 Å². The lowest BCUT2D eigenvalue weighted by molar-refractivity contribution is 1.62. The number of rotatable bonds is 0. The maximum atomic E-state index is 4.44. The number of fused-ring (bicyclic) bond motifs is 4. The average molecular weight is 380 g/mol. The minimum Gasteiger partial charge on any atom is -0.0905 e. The zero-order valence-corrected chi connectivity index (χ0v) is 16.7. The van der Waals surface area contributed by atoms with Crippen LogP contribution in [0.5, 0.6) is 0 Å². The normalized spacial score (nSPS) is 11.6. The predicted molar refractivity (Wildman–Crippen MR) is 131 cm³/mol. The molecule has 30 heavy (non-hydrogen) atoms. The second kappa shape index (κ2) is 6.30. The number of hydrogen-bond acceptors (Lipinski definition) is 0. The van der Waals surface area contributed by atoms with Crippen LogP contribution in [0.2, 0.25) is 0 Å². The number of hydrogen-bond donors (Lipinski definition) is 0. The van der Waals surface area contributed by atoms with E-state index in [-0.39, 0.29) is 0 Å². The van der Waals surface area contributed by atoms with Crippen molar-refractivity contribution in [2.24, 2.45) is 0 Å². The molecule has 6 rings (SSSR count). The molecule has 0 aliphatic carbocycles. The summed E-state index contributed by atoms with van der Waals surface area (Å²) in [6.45, 7) is 8.88. The average Bonchev–Trinajstić information content (AvgIpc) is 2.81. The van der Waals surface area contributed by atoms with Crippen LogP contribution in [-0.4, -0.2) is 0 Å². The summed E-state index contributed by atoms with van der Waals surface area (Å²) in [5.74, 6) is 0. The lowest BCUT2D eigenvalue weighted by Crippen LogP contribution is -2.05. The molecule has 0 unspecified atom stereocenters. The van der Waals surface area contributed by atoms with E-state index >= 15 is 0 Å². The van der Waals surface area contributed by atoms with Crippen LogP contribution in [0.1, 0.15) is 0 Å². The summed E-state index contributed by atoms with van der Waals surface area (Å²) in [7, 11) is 0. The van der Waals surface area contributed by atoms with Crippen molar-refractivity contribution < 1.29 is 0 Å². The molecule has 0 heterocycles. The van der Waals surface area contributed by atoms with Crippen LogP contribution in [0.25, 0.3) is 56.2 Å². The minimum absolute atomic E-state index is 1.09. The zero-order valence-electron chi connectivity index (χ0n) is 16.7. The van der Waals surface area contributed by atoms with E-state index in [9.17, 15) is 0 Å². The zero-order chi connectivity index (χ0) is 20.2. The second-order valence-electron chi connectivity index (χ2n) is 7.89. The van der Waals surface area contributed by atoms with Crippen molar-refractivity contribution in [3.63, 3.8) is 0 Å². The topological polar surface area (TPSA) is 0 Å². The second-order valence-corrected chi connectivity index (χ2v) is 7.89. The third kappa shape index (κ3) is 2.22. The highest BCUT2D eigenvalue weighted by atomic mass is 14.1. The maximum absolute atomic E-state index is 4.44. The molecular formula is C30H20. The summed E-state index contributed by atoms with van der Waals surface area (Å²) >= 11 is 0. The van der Waals surface area contributed by atoms with E-state index in [1.807, 2.05) is 0 Å². The van der Waals surface area contributed by atoms with Crippen LogP contribution in [-0.2, 0) is 0 Å². The quantitative estimate of drug-likeness (QED) is 0.267. The summed E-state index contributed by atoms with van der Waals surface area (Å²) in [5, 5.41) is 14.5. The van der Waals surface area contributed by atoms with E-state index < -0.39 is 0 Å². The molecule has 0 spiro atoms. The minimum atomic E-state index is 1.09. The molecule has 0 nitrogen and oxygen atoms in total. The molecule has 0 bridgehead atoms.